The molecule has 1 atom stereocenters. The van der Waals surface area contributed by atoms with Crippen molar-refractivity contribution >= 4 is 33.2 Å². The summed E-state index contributed by atoms with van der Waals surface area (Å²) in [5, 5.41) is 6.01. The lowest BCUT2D eigenvalue weighted by atomic mass is 10.0. The fourth-order valence-electron chi connectivity index (χ4n) is 2.80. The highest BCUT2D eigenvalue weighted by Crippen LogP contribution is 2.26. The molecule has 1 aliphatic rings. The molecule has 0 fully saturated rings. The molecule has 1 unspecified atom stereocenters. The molecule has 0 aliphatic heterocycles. The second-order valence-corrected chi connectivity index (χ2v) is 8.18. The Balaban J connectivity index is 1.72. The summed E-state index contributed by atoms with van der Waals surface area (Å²) in [6.07, 6.45) is 7.20. The van der Waals surface area contributed by atoms with Crippen molar-refractivity contribution in [1.82, 2.24) is 9.97 Å². The summed E-state index contributed by atoms with van der Waals surface area (Å²) in [6, 6.07) is 7.27. The van der Waals surface area contributed by atoms with Gasteiger partial charge >= 0.3 is 0 Å². The van der Waals surface area contributed by atoms with Gasteiger partial charge in [-0.1, -0.05) is 12.1 Å². The number of amides is 1. The summed E-state index contributed by atoms with van der Waals surface area (Å²) in [7, 11) is -3.22. The Labute approximate surface area is 170 Å². The predicted octanol–water partition coefficient (Wildman–Crippen LogP) is 4.07. The van der Waals surface area contributed by atoms with E-state index < -0.39 is 10.0 Å². The van der Waals surface area contributed by atoms with Gasteiger partial charge in [0.25, 0.3) is 5.91 Å². The average molecular weight is 414 g/mol. The van der Waals surface area contributed by atoms with E-state index in [1.165, 1.54) is 0 Å². The third-order valence-electron chi connectivity index (χ3n) is 4.34. The first kappa shape index (κ1) is 20.7. The molecule has 1 aliphatic carbocycles. The van der Waals surface area contributed by atoms with E-state index in [0.717, 1.165) is 11.3 Å². The first-order chi connectivity index (χ1) is 13.9. The van der Waals surface area contributed by atoms with E-state index in [1.54, 1.807) is 37.5 Å². The number of hydrogen-bond donors (Lipinski definition) is 3. The normalized spacial score (nSPS) is 15.7. The molecule has 1 amide bonds. The van der Waals surface area contributed by atoms with Crippen LogP contribution < -0.4 is 10.6 Å². The van der Waals surface area contributed by atoms with Gasteiger partial charge in [-0.2, -0.15) is 0 Å². The number of anilines is 3. The van der Waals surface area contributed by atoms with E-state index >= 15 is 0 Å². The van der Waals surface area contributed by atoms with Crippen LogP contribution in [0.5, 0.6) is 0 Å². The summed E-state index contributed by atoms with van der Waals surface area (Å²) in [5.74, 6) is 0.235. The van der Waals surface area contributed by atoms with Gasteiger partial charge < -0.3 is 10.6 Å². The van der Waals surface area contributed by atoms with Crippen molar-refractivity contribution in [2.75, 3.05) is 17.2 Å². The minimum absolute atomic E-state index is 0.203. The molecule has 9 heteroatoms. The zero-order valence-corrected chi connectivity index (χ0v) is 17.1. The molecule has 152 valence electrons. The number of nitrogens with one attached hydrogen (secondary N) is 3. The fourth-order valence-corrected chi connectivity index (χ4v) is 3.90. The Morgan fingerprint density at radius 3 is 2.66 bits per heavy atom. The average Bonchev–Trinajstić information content (AvgIpc) is 2.71. The quantitative estimate of drug-likeness (QED) is 0.630. The Morgan fingerprint density at radius 1 is 1.24 bits per heavy atom. The van der Waals surface area contributed by atoms with Crippen LogP contribution in [-0.4, -0.2) is 26.7 Å². The van der Waals surface area contributed by atoms with Crippen LogP contribution in [0.4, 0.5) is 17.3 Å². The van der Waals surface area contributed by atoms with Crippen molar-refractivity contribution in [3.8, 4) is 0 Å². The van der Waals surface area contributed by atoms with E-state index in [-0.39, 0.29) is 12.5 Å². The molecule has 0 saturated heterocycles. The van der Waals surface area contributed by atoms with Gasteiger partial charge in [0.05, 0.1) is 11.5 Å². The van der Waals surface area contributed by atoms with Crippen molar-refractivity contribution in [2.45, 2.75) is 26.7 Å². The molecule has 2 aromatic rings. The summed E-state index contributed by atoms with van der Waals surface area (Å²) >= 11 is 0. The van der Waals surface area contributed by atoms with Crippen LogP contribution >= 0.6 is 0 Å². The van der Waals surface area contributed by atoms with Crippen LogP contribution in [0.3, 0.4) is 0 Å². The van der Waals surface area contributed by atoms with Crippen LogP contribution in [0.25, 0.3) is 0 Å². The van der Waals surface area contributed by atoms with E-state index in [9.17, 15) is 9.00 Å². The summed E-state index contributed by atoms with van der Waals surface area (Å²) < 4.78 is 25.0. The van der Waals surface area contributed by atoms with Crippen molar-refractivity contribution in [2.24, 2.45) is 0 Å². The van der Waals surface area contributed by atoms with Crippen LogP contribution in [0, 0.1) is 11.7 Å². The number of benzene rings is 1. The number of rotatable bonds is 7. The second-order valence-electron chi connectivity index (χ2n) is 6.42. The Bertz CT molecular complexity index is 1060. The van der Waals surface area contributed by atoms with Gasteiger partial charge in [-0.05, 0) is 56.5 Å². The van der Waals surface area contributed by atoms with Gasteiger partial charge in [0.15, 0.2) is 10.0 Å². The highest BCUT2D eigenvalue weighted by molar-refractivity contribution is 7.91. The molecule has 3 N–H and O–H groups in total. The maximum atomic E-state index is 12.6. The standard InChI is InChI=1S/C20H23N5O3S/c1-3-28-29(21,27)17-9-6-15(7-10-17)19(26)24-16-8-5-14(2)18(13-16)25-20-22-11-4-12-23-20/h4-6,8-9,11-13,21H,3,7,10H2,1-2H3,(H,24,26)(H,22,23,25). The molecule has 1 aromatic carbocycles. The Morgan fingerprint density at radius 2 is 2.00 bits per heavy atom. The van der Waals surface area contributed by atoms with Crippen LogP contribution in [-0.2, 0) is 19.0 Å². The number of nitrogens with zero attached hydrogens (tertiary/aromatic N) is 2. The van der Waals surface area contributed by atoms with Crippen molar-refractivity contribution in [3.05, 3.63) is 64.9 Å². The van der Waals surface area contributed by atoms with E-state index in [1.807, 2.05) is 25.1 Å². The first-order valence-electron chi connectivity index (χ1n) is 9.18. The molecular formula is C20H23N5O3S. The zero-order valence-electron chi connectivity index (χ0n) is 16.3. The lowest BCUT2D eigenvalue weighted by Crippen LogP contribution is -2.17. The van der Waals surface area contributed by atoms with Crippen molar-refractivity contribution < 1.29 is 13.2 Å². The highest BCUT2D eigenvalue weighted by Gasteiger charge is 2.20. The molecule has 1 aromatic heterocycles. The second kappa shape index (κ2) is 8.97. The minimum Gasteiger partial charge on any atom is -0.324 e. The van der Waals surface area contributed by atoms with E-state index in [4.69, 9.17) is 8.96 Å². The molecule has 8 nitrogen and oxygen atoms in total. The number of carbonyl (C=O) groups excluding carboxylic acids is 1. The molecule has 0 radical (unpaired) electrons. The molecule has 1 heterocycles. The molecule has 29 heavy (non-hydrogen) atoms. The monoisotopic (exact) mass is 413 g/mol. The number of aromatic nitrogens is 2. The summed E-state index contributed by atoms with van der Waals surface area (Å²) in [6.45, 7) is 3.85. The smallest absolute Gasteiger partial charge is 0.251 e. The molecule has 0 bridgehead atoms. The van der Waals surface area contributed by atoms with Crippen LogP contribution in [0.1, 0.15) is 25.3 Å². The predicted molar refractivity (Wildman–Crippen MR) is 113 cm³/mol. The summed E-state index contributed by atoms with van der Waals surface area (Å²) in [5.41, 5.74) is 2.97. The third kappa shape index (κ3) is 5.27. The van der Waals surface area contributed by atoms with Gasteiger partial charge in [-0.3, -0.25) is 8.98 Å². The Kier molecular flexibility index (Phi) is 6.40. The highest BCUT2D eigenvalue weighted by atomic mass is 32.2. The summed E-state index contributed by atoms with van der Waals surface area (Å²) in [4.78, 5) is 21.3. The number of aryl methyl sites for hydroxylation is 1. The SMILES string of the molecule is CCOS(=N)(=O)C1=CC=C(C(=O)Nc2ccc(C)c(Nc3ncccn3)c2)CC1. The van der Waals surface area contributed by atoms with Crippen molar-refractivity contribution in [3.63, 3.8) is 0 Å². The lowest BCUT2D eigenvalue weighted by molar-refractivity contribution is -0.113. The van der Waals surface area contributed by atoms with Gasteiger partial charge in [0.2, 0.25) is 5.95 Å². The molecule has 3 rings (SSSR count). The molecule has 0 saturated carbocycles. The maximum absolute atomic E-state index is 12.6. The molecular weight excluding hydrogens is 390 g/mol. The van der Waals surface area contributed by atoms with Gasteiger partial charge in [0, 0.05) is 29.3 Å². The number of allylic oxidation sites excluding steroid dienone is 3. The molecule has 0 spiro atoms. The third-order valence-corrected chi connectivity index (χ3v) is 5.94. The fraction of sp³-hybridized carbons (Fsp3) is 0.250. The van der Waals surface area contributed by atoms with E-state index in [2.05, 4.69) is 20.6 Å². The minimum atomic E-state index is -3.22. The lowest BCUT2D eigenvalue weighted by Gasteiger charge is -2.17. The van der Waals surface area contributed by atoms with Crippen LogP contribution in [0.2, 0.25) is 0 Å². The first-order valence-corrected chi connectivity index (χ1v) is 10.7. The zero-order chi connectivity index (χ0) is 20.9. The maximum Gasteiger partial charge on any atom is 0.251 e. The van der Waals surface area contributed by atoms with E-state index in [0.29, 0.717) is 35.0 Å². The van der Waals surface area contributed by atoms with Gasteiger partial charge in [-0.25, -0.2) is 19.0 Å². The largest absolute Gasteiger partial charge is 0.324 e. The Hall–Kier alpha value is -3.04. The van der Waals surface area contributed by atoms with Gasteiger partial charge in [0.1, 0.15) is 0 Å². The van der Waals surface area contributed by atoms with Crippen molar-refractivity contribution in [1.29, 1.82) is 4.78 Å². The number of carbonyl (C=O) groups is 1. The number of hydrogen-bond acceptors (Lipinski definition) is 7. The topological polar surface area (TPSA) is 117 Å². The van der Waals surface area contributed by atoms with Crippen LogP contribution in [0.15, 0.2) is 59.3 Å². The van der Waals surface area contributed by atoms with Gasteiger partial charge in [-0.15, -0.1) is 0 Å².